The summed E-state index contributed by atoms with van der Waals surface area (Å²) in [5, 5.41) is 2.96. The molecular weight excluding hydrogens is 328 g/mol. The van der Waals surface area contributed by atoms with Crippen LogP contribution in [0.25, 0.3) is 0 Å². The number of amides is 1. The molecule has 0 saturated heterocycles. The summed E-state index contributed by atoms with van der Waals surface area (Å²) in [6.45, 7) is 0.709. The van der Waals surface area contributed by atoms with Gasteiger partial charge in [0.05, 0.1) is 6.61 Å². The molecule has 3 rings (SSSR count). The summed E-state index contributed by atoms with van der Waals surface area (Å²) >= 11 is 0. The number of methoxy groups -OCH3 is 1. The second kappa shape index (κ2) is 8.83. The number of benzene rings is 2. The van der Waals surface area contributed by atoms with Crippen LogP contribution >= 0.6 is 0 Å². The maximum atomic E-state index is 12.2. The van der Waals surface area contributed by atoms with Gasteiger partial charge in [-0.3, -0.25) is 4.79 Å². The summed E-state index contributed by atoms with van der Waals surface area (Å²) in [6.07, 6.45) is 3.45. The Morgan fingerprint density at radius 2 is 1.73 bits per heavy atom. The van der Waals surface area contributed by atoms with Crippen LogP contribution in [0.3, 0.4) is 0 Å². The molecule has 5 heteroatoms. The number of nitrogens with two attached hydrogens (primary N) is 1. The molecule has 0 heterocycles. The zero-order chi connectivity index (χ0) is 18.4. The van der Waals surface area contributed by atoms with Gasteiger partial charge in [-0.1, -0.05) is 12.1 Å². The number of nitrogens with one attached hydrogen (secondary N) is 1. The lowest BCUT2D eigenvalue weighted by Gasteiger charge is -2.12. The van der Waals surface area contributed by atoms with Crippen LogP contribution in [0.15, 0.2) is 48.5 Å². The smallest absolute Gasteiger partial charge is 0.227 e. The third-order valence-electron chi connectivity index (χ3n) is 4.72. The largest absolute Gasteiger partial charge is 0.457 e. The highest BCUT2D eigenvalue weighted by Crippen LogP contribution is 2.27. The number of rotatable bonds is 7. The molecule has 1 aliphatic rings. The summed E-state index contributed by atoms with van der Waals surface area (Å²) in [6, 6.07) is 15.6. The number of carbonyl (C=O) groups excluding carboxylic acids is 1. The van der Waals surface area contributed by atoms with Crippen molar-refractivity contribution in [3.05, 3.63) is 54.1 Å². The molecule has 2 unspecified atom stereocenters. The van der Waals surface area contributed by atoms with Crippen molar-refractivity contribution in [1.82, 2.24) is 0 Å². The first-order valence-electron chi connectivity index (χ1n) is 9.06. The van der Waals surface area contributed by atoms with Crippen molar-refractivity contribution in [2.24, 2.45) is 11.7 Å². The maximum Gasteiger partial charge on any atom is 0.227 e. The molecule has 2 atom stereocenters. The van der Waals surface area contributed by atoms with Crippen LogP contribution in [0, 0.1) is 5.92 Å². The molecule has 0 radical (unpaired) electrons. The predicted octanol–water partition coefficient (Wildman–Crippen LogP) is 3.73. The van der Waals surface area contributed by atoms with E-state index in [2.05, 4.69) is 5.32 Å². The van der Waals surface area contributed by atoms with E-state index in [9.17, 15) is 4.79 Å². The second-order valence-electron chi connectivity index (χ2n) is 6.77. The number of carbonyl (C=O) groups is 1. The lowest BCUT2D eigenvalue weighted by atomic mass is 10.1. The quantitative estimate of drug-likeness (QED) is 0.794. The van der Waals surface area contributed by atoms with Gasteiger partial charge >= 0.3 is 0 Å². The van der Waals surface area contributed by atoms with E-state index in [1.54, 1.807) is 7.11 Å². The Labute approximate surface area is 154 Å². The van der Waals surface area contributed by atoms with E-state index in [4.69, 9.17) is 15.2 Å². The number of hydrogen-bond acceptors (Lipinski definition) is 4. The van der Waals surface area contributed by atoms with Crippen molar-refractivity contribution < 1.29 is 14.3 Å². The van der Waals surface area contributed by atoms with E-state index < -0.39 is 0 Å². The SMILES string of the molecule is COCCc1ccc(Oc2ccc(NC(=O)C3CCC(N)C3)cc2)cc1. The van der Waals surface area contributed by atoms with Gasteiger partial charge in [-0.15, -0.1) is 0 Å². The minimum absolute atomic E-state index is 0.0255. The third-order valence-corrected chi connectivity index (χ3v) is 4.72. The zero-order valence-corrected chi connectivity index (χ0v) is 15.1. The highest BCUT2D eigenvalue weighted by molar-refractivity contribution is 5.92. The third kappa shape index (κ3) is 5.07. The molecule has 0 aromatic heterocycles. The van der Waals surface area contributed by atoms with E-state index >= 15 is 0 Å². The van der Waals surface area contributed by atoms with Gasteiger partial charge in [-0.2, -0.15) is 0 Å². The summed E-state index contributed by atoms with van der Waals surface area (Å²) < 4.78 is 10.9. The molecule has 0 bridgehead atoms. The monoisotopic (exact) mass is 354 g/mol. The normalized spacial score (nSPS) is 19.3. The van der Waals surface area contributed by atoms with Gasteiger partial charge in [-0.05, 0) is 67.6 Å². The first-order chi connectivity index (χ1) is 12.6. The first-order valence-corrected chi connectivity index (χ1v) is 9.06. The van der Waals surface area contributed by atoms with Gasteiger partial charge in [-0.25, -0.2) is 0 Å². The van der Waals surface area contributed by atoms with Gasteiger partial charge < -0.3 is 20.5 Å². The van der Waals surface area contributed by atoms with Gasteiger partial charge in [0.25, 0.3) is 0 Å². The summed E-state index contributed by atoms with van der Waals surface area (Å²) in [7, 11) is 1.70. The summed E-state index contributed by atoms with van der Waals surface area (Å²) in [5.74, 6) is 1.59. The van der Waals surface area contributed by atoms with Gasteiger partial charge in [0.2, 0.25) is 5.91 Å². The maximum absolute atomic E-state index is 12.2. The van der Waals surface area contributed by atoms with Crippen molar-refractivity contribution in [1.29, 1.82) is 0 Å². The first kappa shape index (κ1) is 18.4. The number of anilines is 1. The molecule has 0 aliphatic heterocycles. The van der Waals surface area contributed by atoms with Crippen molar-refractivity contribution >= 4 is 11.6 Å². The molecular formula is C21H26N2O3. The average molecular weight is 354 g/mol. The molecule has 1 saturated carbocycles. The van der Waals surface area contributed by atoms with E-state index in [1.165, 1.54) is 5.56 Å². The second-order valence-corrected chi connectivity index (χ2v) is 6.77. The van der Waals surface area contributed by atoms with E-state index in [-0.39, 0.29) is 17.9 Å². The van der Waals surface area contributed by atoms with Crippen molar-refractivity contribution in [2.45, 2.75) is 31.7 Å². The van der Waals surface area contributed by atoms with Crippen LogP contribution < -0.4 is 15.8 Å². The van der Waals surface area contributed by atoms with Crippen molar-refractivity contribution in [3.63, 3.8) is 0 Å². The van der Waals surface area contributed by atoms with Crippen LogP contribution in [-0.2, 0) is 16.0 Å². The van der Waals surface area contributed by atoms with Gasteiger partial charge in [0, 0.05) is 24.8 Å². The highest BCUT2D eigenvalue weighted by Gasteiger charge is 2.27. The van der Waals surface area contributed by atoms with Crippen LogP contribution in [-0.4, -0.2) is 25.7 Å². The van der Waals surface area contributed by atoms with Crippen LogP contribution in [0.5, 0.6) is 11.5 Å². The van der Waals surface area contributed by atoms with Crippen molar-refractivity contribution in [2.75, 3.05) is 19.0 Å². The molecule has 2 aromatic carbocycles. The highest BCUT2D eigenvalue weighted by atomic mass is 16.5. The Kier molecular flexibility index (Phi) is 6.26. The standard InChI is InChI=1S/C21H26N2O3/c1-25-13-12-15-2-8-19(9-3-15)26-20-10-6-18(7-11-20)23-21(24)16-4-5-17(22)14-16/h2-3,6-11,16-17H,4-5,12-14,22H2,1H3,(H,23,24). The molecule has 2 aromatic rings. The fourth-order valence-electron chi connectivity index (χ4n) is 3.19. The average Bonchev–Trinajstić information content (AvgIpc) is 3.09. The molecule has 1 aliphatic carbocycles. The van der Waals surface area contributed by atoms with E-state index in [0.29, 0.717) is 6.61 Å². The Hall–Kier alpha value is -2.37. The molecule has 1 fully saturated rings. The van der Waals surface area contributed by atoms with E-state index in [0.717, 1.165) is 42.9 Å². The topological polar surface area (TPSA) is 73.6 Å². The lowest BCUT2D eigenvalue weighted by molar-refractivity contribution is -0.119. The van der Waals surface area contributed by atoms with Crippen LogP contribution in [0.2, 0.25) is 0 Å². The number of hydrogen-bond donors (Lipinski definition) is 2. The van der Waals surface area contributed by atoms with Gasteiger partial charge in [0.15, 0.2) is 0 Å². The predicted molar refractivity (Wildman–Crippen MR) is 102 cm³/mol. The molecule has 3 N–H and O–H groups in total. The summed E-state index contributed by atoms with van der Waals surface area (Å²) in [5.41, 5.74) is 7.87. The molecule has 26 heavy (non-hydrogen) atoms. The Morgan fingerprint density at radius 1 is 1.08 bits per heavy atom. The Morgan fingerprint density at radius 3 is 2.31 bits per heavy atom. The molecule has 0 spiro atoms. The Bertz CT molecular complexity index is 713. The molecule has 138 valence electrons. The molecule has 1 amide bonds. The lowest BCUT2D eigenvalue weighted by Crippen LogP contribution is -2.23. The van der Waals surface area contributed by atoms with Crippen LogP contribution in [0.4, 0.5) is 5.69 Å². The van der Waals surface area contributed by atoms with Crippen molar-refractivity contribution in [3.8, 4) is 11.5 Å². The Balaban J connectivity index is 1.53. The van der Waals surface area contributed by atoms with Crippen LogP contribution in [0.1, 0.15) is 24.8 Å². The molecule has 5 nitrogen and oxygen atoms in total. The minimum atomic E-state index is 0.0255. The zero-order valence-electron chi connectivity index (χ0n) is 15.1. The fraction of sp³-hybridized carbons (Fsp3) is 0.381. The van der Waals surface area contributed by atoms with Gasteiger partial charge in [0.1, 0.15) is 11.5 Å². The number of ether oxygens (including phenoxy) is 2. The van der Waals surface area contributed by atoms with E-state index in [1.807, 2.05) is 48.5 Å². The minimum Gasteiger partial charge on any atom is -0.457 e. The fourth-order valence-corrected chi connectivity index (χ4v) is 3.19. The summed E-state index contributed by atoms with van der Waals surface area (Å²) in [4.78, 5) is 12.2.